The molecule has 0 aliphatic rings. The van der Waals surface area contributed by atoms with Crippen LogP contribution in [0.3, 0.4) is 0 Å². The summed E-state index contributed by atoms with van der Waals surface area (Å²) in [7, 11) is 1.57. The minimum Gasteiger partial charge on any atom is -0.497 e. The molecule has 116 valence electrons. The molecule has 0 bridgehead atoms. The van der Waals surface area contributed by atoms with Crippen molar-refractivity contribution in [2.24, 2.45) is 0 Å². The minimum atomic E-state index is -1.17. The molecular weight excluding hydrogens is 302 g/mol. The van der Waals surface area contributed by atoms with Gasteiger partial charge in [0.25, 0.3) is 5.91 Å². The first kappa shape index (κ1) is 16.3. The maximum atomic E-state index is 12.1. The largest absolute Gasteiger partial charge is 0.497 e. The van der Waals surface area contributed by atoms with E-state index in [1.165, 1.54) is 0 Å². The lowest BCUT2D eigenvalue weighted by molar-refractivity contribution is 0.0526. The summed E-state index contributed by atoms with van der Waals surface area (Å²) in [5.41, 5.74) is 0.0202. The molecule has 5 heteroatoms. The van der Waals surface area contributed by atoms with Crippen molar-refractivity contribution in [3.8, 4) is 5.75 Å². The third kappa shape index (κ3) is 4.00. The van der Waals surface area contributed by atoms with Gasteiger partial charge in [0.1, 0.15) is 11.4 Å². The molecule has 1 unspecified atom stereocenters. The molecular formula is C17H18ClNO3. The first-order valence-corrected chi connectivity index (χ1v) is 7.21. The number of halogens is 1. The molecule has 4 nitrogen and oxygen atoms in total. The maximum Gasteiger partial charge on any atom is 0.251 e. The molecule has 2 aromatic carbocycles. The first-order chi connectivity index (χ1) is 10.4. The second-order valence-electron chi connectivity index (χ2n) is 5.19. The Labute approximate surface area is 134 Å². The van der Waals surface area contributed by atoms with Crippen molar-refractivity contribution >= 4 is 17.5 Å². The Hall–Kier alpha value is -2.04. The fraction of sp³-hybridized carbons (Fsp3) is 0.235. The first-order valence-electron chi connectivity index (χ1n) is 6.83. The van der Waals surface area contributed by atoms with E-state index >= 15 is 0 Å². The summed E-state index contributed by atoms with van der Waals surface area (Å²) < 4.78 is 5.05. The quantitative estimate of drug-likeness (QED) is 0.890. The molecule has 0 spiro atoms. The summed E-state index contributed by atoms with van der Waals surface area (Å²) in [6.45, 7) is 1.74. The predicted molar refractivity (Wildman–Crippen MR) is 86.4 cm³/mol. The van der Waals surface area contributed by atoms with Gasteiger partial charge in [-0.25, -0.2) is 0 Å². The highest BCUT2D eigenvalue weighted by molar-refractivity contribution is 6.30. The van der Waals surface area contributed by atoms with Crippen molar-refractivity contribution in [1.29, 1.82) is 0 Å². The summed E-state index contributed by atoms with van der Waals surface area (Å²) in [5, 5.41) is 13.8. The molecule has 1 atom stereocenters. The molecule has 0 saturated carbocycles. The Morgan fingerprint density at radius 2 is 1.77 bits per heavy atom. The van der Waals surface area contributed by atoms with E-state index in [9.17, 15) is 9.90 Å². The number of amides is 1. The molecule has 2 rings (SSSR count). The number of aliphatic hydroxyl groups is 1. The standard InChI is InChI=1S/C17H18ClNO3/c1-17(21,13-5-7-14(18)8-6-13)11-19-16(20)12-3-9-15(22-2)10-4-12/h3-10,21H,11H2,1-2H3,(H,19,20). The van der Waals surface area contributed by atoms with Gasteiger partial charge in [-0.05, 0) is 48.9 Å². The van der Waals surface area contributed by atoms with E-state index in [0.29, 0.717) is 21.9 Å². The van der Waals surface area contributed by atoms with Crippen LogP contribution in [0.15, 0.2) is 48.5 Å². The molecule has 2 aromatic rings. The van der Waals surface area contributed by atoms with E-state index in [2.05, 4.69) is 5.32 Å². The summed E-state index contributed by atoms with van der Waals surface area (Å²) in [4.78, 5) is 12.1. The molecule has 22 heavy (non-hydrogen) atoms. The number of hydrogen-bond donors (Lipinski definition) is 2. The monoisotopic (exact) mass is 319 g/mol. The summed E-state index contributed by atoms with van der Waals surface area (Å²) in [6, 6.07) is 13.7. The van der Waals surface area contributed by atoms with Crippen LogP contribution >= 0.6 is 11.6 Å². The number of carbonyl (C=O) groups excluding carboxylic acids is 1. The minimum absolute atomic E-state index is 0.0967. The van der Waals surface area contributed by atoms with Crippen LogP contribution < -0.4 is 10.1 Å². The lowest BCUT2D eigenvalue weighted by atomic mass is 9.96. The van der Waals surface area contributed by atoms with Gasteiger partial charge in [-0.1, -0.05) is 23.7 Å². The molecule has 0 aromatic heterocycles. The third-order valence-corrected chi connectivity index (χ3v) is 3.66. The average molecular weight is 320 g/mol. The van der Waals surface area contributed by atoms with Gasteiger partial charge in [0.15, 0.2) is 0 Å². The average Bonchev–Trinajstić information content (AvgIpc) is 2.53. The van der Waals surface area contributed by atoms with Gasteiger partial charge in [0.05, 0.1) is 13.7 Å². The number of ether oxygens (including phenoxy) is 1. The zero-order chi connectivity index (χ0) is 16.2. The van der Waals surface area contributed by atoms with Crippen LogP contribution in [-0.4, -0.2) is 24.7 Å². The summed E-state index contributed by atoms with van der Waals surface area (Å²) in [6.07, 6.45) is 0. The van der Waals surface area contributed by atoms with Crippen LogP contribution in [0.1, 0.15) is 22.8 Å². The van der Waals surface area contributed by atoms with Gasteiger partial charge >= 0.3 is 0 Å². The number of benzene rings is 2. The highest BCUT2D eigenvalue weighted by Crippen LogP contribution is 2.22. The van der Waals surface area contributed by atoms with E-state index in [1.54, 1.807) is 62.6 Å². The molecule has 2 N–H and O–H groups in total. The van der Waals surface area contributed by atoms with Crippen molar-refractivity contribution in [2.75, 3.05) is 13.7 Å². The van der Waals surface area contributed by atoms with Crippen molar-refractivity contribution < 1.29 is 14.6 Å². The number of rotatable bonds is 5. The van der Waals surface area contributed by atoms with E-state index in [1.807, 2.05) is 0 Å². The number of nitrogens with one attached hydrogen (secondary N) is 1. The SMILES string of the molecule is COc1ccc(C(=O)NCC(C)(O)c2ccc(Cl)cc2)cc1. The summed E-state index contributed by atoms with van der Waals surface area (Å²) >= 11 is 5.83. The zero-order valence-electron chi connectivity index (χ0n) is 12.5. The van der Waals surface area contributed by atoms with Crippen LogP contribution in [0.2, 0.25) is 5.02 Å². The van der Waals surface area contributed by atoms with Crippen molar-refractivity contribution in [2.45, 2.75) is 12.5 Å². The van der Waals surface area contributed by atoms with Gasteiger partial charge in [0.2, 0.25) is 0 Å². The zero-order valence-corrected chi connectivity index (χ0v) is 13.2. The topological polar surface area (TPSA) is 58.6 Å². The van der Waals surface area contributed by atoms with E-state index < -0.39 is 5.60 Å². The second kappa shape index (κ2) is 6.81. The van der Waals surface area contributed by atoms with Crippen molar-refractivity contribution in [3.63, 3.8) is 0 Å². The van der Waals surface area contributed by atoms with Crippen LogP contribution in [-0.2, 0) is 5.60 Å². The fourth-order valence-electron chi connectivity index (χ4n) is 2.01. The lowest BCUT2D eigenvalue weighted by Crippen LogP contribution is -2.38. The molecule has 0 aliphatic carbocycles. The molecule has 0 heterocycles. The Bertz CT molecular complexity index is 636. The Morgan fingerprint density at radius 3 is 2.32 bits per heavy atom. The number of carbonyl (C=O) groups is 1. The van der Waals surface area contributed by atoms with E-state index in [0.717, 1.165) is 0 Å². The third-order valence-electron chi connectivity index (χ3n) is 3.41. The van der Waals surface area contributed by atoms with Gasteiger partial charge in [0, 0.05) is 10.6 Å². The number of methoxy groups -OCH3 is 1. The van der Waals surface area contributed by atoms with Crippen LogP contribution in [0.4, 0.5) is 0 Å². The molecule has 0 saturated heterocycles. The van der Waals surface area contributed by atoms with E-state index in [4.69, 9.17) is 16.3 Å². The second-order valence-corrected chi connectivity index (χ2v) is 5.63. The van der Waals surface area contributed by atoms with Gasteiger partial charge in [-0.3, -0.25) is 4.79 Å². The van der Waals surface area contributed by atoms with Gasteiger partial charge in [-0.15, -0.1) is 0 Å². The summed E-state index contributed by atoms with van der Waals surface area (Å²) in [5.74, 6) is 0.432. The van der Waals surface area contributed by atoms with Crippen LogP contribution in [0.5, 0.6) is 5.75 Å². The Balaban J connectivity index is 2.01. The smallest absolute Gasteiger partial charge is 0.251 e. The normalized spacial score (nSPS) is 13.3. The van der Waals surface area contributed by atoms with Crippen LogP contribution in [0.25, 0.3) is 0 Å². The highest BCUT2D eigenvalue weighted by atomic mass is 35.5. The highest BCUT2D eigenvalue weighted by Gasteiger charge is 2.24. The van der Waals surface area contributed by atoms with Gasteiger partial charge < -0.3 is 15.2 Å². The fourth-order valence-corrected chi connectivity index (χ4v) is 2.13. The predicted octanol–water partition coefficient (Wildman–Crippen LogP) is 2.99. The number of hydrogen-bond acceptors (Lipinski definition) is 3. The van der Waals surface area contributed by atoms with Gasteiger partial charge in [-0.2, -0.15) is 0 Å². The van der Waals surface area contributed by atoms with E-state index in [-0.39, 0.29) is 12.5 Å². The lowest BCUT2D eigenvalue weighted by Gasteiger charge is -2.24. The molecule has 0 fully saturated rings. The molecule has 0 aliphatic heterocycles. The Kier molecular flexibility index (Phi) is 5.06. The molecule has 1 amide bonds. The Morgan fingerprint density at radius 1 is 1.18 bits per heavy atom. The van der Waals surface area contributed by atoms with Crippen LogP contribution in [0, 0.1) is 0 Å². The molecule has 0 radical (unpaired) electrons. The van der Waals surface area contributed by atoms with Crippen molar-refractivity contribution in [3.05, 3.63) is 64.7 Å². The van der Waals surface area contributed by atoms with Crippen molar-refractivity contribution in [1.82, 2.24) is 5.32 Å². The maximum absolute atomic E-state index is 12.1.